The Morgan fingerprint density at radius 3 is 2.41 bits per heavy atom. The number of halogens is 2. The largest absolute Gasteiger partial charge is 0.366 e. The van der Waals surface area contributed by atoms with E-state index in [1.54, 1.807) is 12.1 Å². The standard InChI is InChI=1S/C20H17F2N5O4S/c21-11-7-12(22)9-13(8-11)32(30,31)27-6-5-17-16(10-27)19(26-25-17)24-20(29)15-4-2-1-3-14(15)18(23)28/h1-4,7-9H,5-6,10H2,(H2,23,28)(H2,24,25,26,29). The van der Waals surface area contributed by atoms with Gasteiger partial charge in [0.25, 0.3) is 5.91 Å². The Balaban J connectivity index is 1.61. The van der Waals surface area contributed by atoms with Crippen molar-refractivity contribution in [3.8, 4) is 0 Å². The predicted molar refractivity (Wildman–Crippen MR) is 109 cm³/mol. The van der Waals surface area contributed by atoms with Crippen molar-refractivity contribution in [1.82, 2.24) is 14.5 Å². The molecule has 0 unspecified atom stereocenters. The van der Waals surface area contributed by atoms with Crippen LogP contribution in [0, 0.1) is 11.6 Å². The number of primary amides is 1. The highest BCUT2D eigenvalue weighted by Crippen LogP contribution is 2.29. The lowest BCUT2D eigenvalue weighted by molar-refractivity contribution is 0.0977. The Hall–Kier alpha value is -3.64. The molecule has 0 atom stereocenters. The average molecular weight is 461 g/mol. The molecule has 4 N–H and O–H groups in total. The normalized spacial score (nSPS) is 14.1. The first-order valence-corrected chi connectivity index (χ1v) is 10.8. The van der Waals surface area contributed by atoms with Gasteiger partial charge in [0.1, 0.15) is 11.6 Å². The second-order valence-corrected chi connectivity index (χ2v) is 9.02. The highest BCUT2D eigenvalue weighted by molar-refractivity contribution is 7.89. The number of fused-ring (bicyclic) bond motifs is 1. The molecule has 3 aromatic rings. The molecule has 12 heteroatoms. The molecule has 0 radical (unpaired) electrons. The molecule has 4 rings (SSSR count). The van der Waals surface area contributed by atoms with Gasteiger partial charge in [-0.1, -0.05) is 12.1 Å². The summed E-state index contributed by atoms with van der Waals surface area (Å²) in [4.78, 5) is 23.8. The van der Waals surface area contributed by atoms with Crippen LogP contribution in [0.15, 0.2) is 47.4 Å². The van der Waals surface area contributed by atoms with Crippen LogP contribution in [0.5, 0.6) is 0 Å². The van der Waals surface area contributed by atoms with E-state index in [4.69, 9.17) is 5.73 Å². The highest BCUT2D eigenvalue weighted by atomic mass is 32.2. The number of benzene rings is 2. The van der Waals surface area contributed by atoms with Gasteiger partial charge >= 0.3 is 0 Å². The van der Waals surface area contributed by atoms with Gasteiger partial charge in [-0.05, 0) is 24.3 Å². The predicted octanol–water partition coefficient (Wildman–Crippen LogP) is 1.79. The molecule has 0 saturated heterocycles. The van der Waals surface area contributed by atoms with Crippen molar-refractivity contribution in [2.45, 2.75) is 17.9 Å². The number of nitrogens with zero attached hydrogens (tertiary/aromatic N) is 2. The molecule has 1 aromatic heterocycles. The van der Waals surface area contributed by atoms with E-state index in [0.717, 1.165) is 16.4 Å². The molecule has 2 heterocycles. The number of nitrogens with one attached hydrogen (secondary N) is 2. The van der Waals surface area contributed by atoms with E-state index in [0.29, 0.717) is 17.3 Å². The minimum atomic E-state index is -4.21. The van der Waals surface area contributed by atoms with Gasteiger partial charge in [0, 0.05) is 36.8 Å². The summed E-state index contributed by atoms with van der Waals surface area (Å²) in [6.07, 6.45) is 0.243. The third kappa shape index (κ3) is 3.97. The monoisotopic (exact) mass is 461 g/mol. The van der Waals surface area contributed by atoms with Crippen molar-refractivity contribution in [1.29, 1.82) is 0 Å². The summed E-state index contributed by atoms with van der Waals surface area (Å²) in [5, 5.41) is 9.35. The van der Waals surface area contributed by atoms with E-state index in [-0.39, 0.29) is 36.5 Å². The summed E-state index contributed by atoms with van der Waals surface area (Å²) in [5.74, 6) is -3.37. The number of hydrogen-bond donors (Lipinski definition) is 3. The van der Waals surface area contributed by atoms with Crippen LogP contribution in [-0.4, -0.2) is 41.3 Å². The summed E-state index contributed by atoms with van der Waals surface area (Å²) >= 11 is 0. The number of hydrogen-bond acceptors (Lipinski definition) is 5. The van der Waals surface area contributed by atoms with Gasteiger partial charge in [0.2, 0.25) is 15.9 Å². The van der Waals surface area contributed by atoms with Crippen molar-refractivity contribution in [3.63, 3.8) is 0 Å². The zero-order chi connectivity index (χ0) is 23.0. The van der Waals surface area contributed by atoms with E-state index in [2.05, 4.69) is 15.5 Å². The summed E-state index contributed by atoms with van der Waals surface area (Å²) in [5.41, 5.74) is 6.38. The molecule has 9 nitrogen and oxygen atoms in total. The van der Waals surface area contributed by atoms with Crippen molar-refractivity contribution >= 4 is 27.7 Å². The maximum atomic E-state index is 13.6. The Morgan fingerprint density at radius 2 is 1.75 bits per heavy atom. The molecule has 1 aliphatic rings. The van der Waals surface area contributed by atoms with Crippen molar-refractivity contribution in [2.75, 3.05) is 11.9 Å². The van der Waals surface area contributed by atoms with Crippen LogP contribution >= 0.6 is 0 Å². The lowest BCUT2D eigenvalue weighted by Gasteiger charge is -2.26. The Bertz CT molecular complexity index is 1320. The maximum Gasteiger partial charge on any atom is 0.257 e. The fourth-order valence-electron chi connectivity index (χ4n) is 3.48. The fourth-order valence-corrected chi connectivity index (χ4v) is 4.93. The molecular formula is C20H17F2N5O4S. The van der Waals surface area contributed by atoms with E-state index in [1.165, 1.54) is 12.1 Å². The summed E-state index contributed by atoms with van der Waals surface area (Å²) in [7, 11) is -4.21. The number of aromatic amines is 1. The number of nitrogens with two attached hydrogens (primary N) is 1. The number of sulfonamides is 1. The van der Waals surface area contributed by atoms with Gasteiger partial charge < -0.3 is 11.1 Å². The van der Waals surface area contributed by atoms with Crippen molar-refractivity contribution in [3.05, 3.63) is 76.5 Å². The molecule has 2 amide bonds. The first-order valence-electron chi connectivity index (χ1n) is 9.39. The molecule has 0 bridgehead atoms. The number of anilines is 1. The van der Waals surface area contributed by atoms with Gasteiger partial charge in [-0.15, -0.1) is 0 Å². The number of H-pyrrole nitrogens is 1. The molecule has 2 aromatic carbocycles. The van der Waals surface area contributed by atoms with Gasteiger partial charge in [0.15, 0.2) is 5.82 Å². The number of aromatic nitrogens is 2. The third-order valence-electron chi connectivity index (χ3n) is 5.04. The number of amides is 2. The molecule has 0 aliphatic carbocycles. The summed E-state index contributed by atoms with van der Waals surface area (Å²) in [6, 6.07) is 8.02. The average Bonchev–Trinajstić information content (AvgIpc) is 3.15. The van der Waals surface area contributed by atoms with E-state index >= 15 is 0 Å². The molecule has 1 aliphatic heterocycles. The zero-order valence-corrected chi connectivity index (χ0v) is 17.2. The fraction of sp³-hybridized carbons (Fsp3) is 0.150. The zero-order valence-electron chi connectivity index (χ0n) is 16.4. The maximum absolute atomic E-state index is 13.6. The first-order chi connectivity index (χ1) is 15.2. The molecule has 166 valence electrons. The number of carbonyl (C=O) groups is 2. The molecule has 32 heavy (non-hydrogen) atoms. The van der Waals surface area contributed by atoms with Crippen LogP contribution in [0.4, 0.5) is 14.6 Å². The van der Waals surface area contributed by atoms with Crippen molar-refractivity contribution < 1.29 is 26.8 Å². The Morgan fingerprint density at radius 1 is 1.09 bits per heavy atom. The van der Waals surface area contributed by atoms with Crippen LogP contribution in [0.2, 0.25) is 0 Å². The lowest BCUT2D eigenvalue weighted by Crippen LogP contribution is -2.36. The van der Waals surface area contributed by atoms with Crippen molar-refractivity contribution in [2.24, 2.45) is 5.73 Å². The van der Waals surface area contributed by atoms with Crippen LogP contribution in [0.3, 0.4) is 0 Å². The highest BCUT2D eigenvalue weighted by Gasteiger charge is 2.32. The van der Waals surface area contributed by atoms with Gasteiger partial charge in [0.05, 0.1) is 16.0 Å². The van der Waals surface area contributed by atoms with Gasteiger partial charge in [-0.25, -0.2) is 17.2 Å². The van der Waals surface area contributed by atoms with Crippen LogP contribution in [0.25, 0.3) is 0 Å². The number of carbonyl (C=O) groups excluding carboxylic acids is 2. The first kappa shape index (κ1) is 21.6. The quantitative estimate of drug-likeness (QED) is 0.532. The molecule has 0 saturated carbocycles. The summed E-state index contributed by atoms with van der Waals surface area (Å²) in [6.45, 7) is -0.132. The van der Waals surface area contributed by atoms with Crippen LogP contribution in [0.1, 0.15) is 32.0 Å². The second-order valence-electron chi connectivity index (χ2n) is 7.09. The van der Waals surface area contributed by atoms with Gasteiger partial charge in [-0.2, -0.15) is 9.40 Å². The summed E-state index contributed by atoms with van der Waals surface area (Å²) < 4.78 is 54.0. The SMILES string of the molecule is NC(=O)c1ccccc1C(=O)Nc1n[nH]c2c1CN(S(=O)(=O)c1cc(F)cc(F)c1)CC2. The van der Waals surface area contributed by atoms with E-state index in [9.17, 15) is 26.8 Å². The van der Waals surface area contributed by atoms with Gasteiger partial charge in [-0.3, -0.25) is 14.7 Å². The minimum absolute atomic E-state index is 0.0201. The molecular weight excluding hydrogens is 444 g/mol. The smallest absolute Gasteiger partial charge is 0.257 e. The van der Waals surface area contributed by atoms with E-state index in [1.807, 2.05) is 0 Å². The molecule has 0 spiro atoms. The van der Waals surface area contributed by atoms with Crippen LogP contribution in [-0.2, 0) is 23.0 Å². The van der Waals surface area contributed by atoms with Crippen LogP contribution < -0.4 is 11.1 Å². The second kappa shape index (κ2) is 8.13. The lowest BCUT2D eigenvalue weighted by atomic mass is 10.1. The Kier molecular flexibility index (Phi) is 5.48. The van der Waals surface area contributed by atoms with E-state index < -0.39 is 38.4 Å². The third-order valence-corrected chi connectivity index (χ3v) is 6.86. The minimum Gasteiger partial charge on any atom is -0.366 e. The Labute approximate surface area is 181 Å². The number of rotatable bonds is 5. The molecule has 0 fully saturated rings. The topological polar surface area (TPSA) is 138 Å².